The van der Waals surface area contributed by atoms with Gasteiger partial charge in [0.05, 0.1) is 18.7 Å². The number of rotatable bonds is 6. The van der Waals surface area contributed by atoms with E-state index in [-0.39, 0.29) is 23.1 Å². The Morgan fingerprint density at radius 2 is 2.20 bits per heavy atom. The van der Waals surface area contributed by atoms with Crippen LogP contribution >= 0.6 is 27.3 Å². The number of imidazole rings is 1. The summed E-state index contributed by atoms with van der Waals surface area (Å²) in [5.74, 6) is -0.251. The number of hydrogen-bond acceptors (Lipinski definition) is 6. The largest absolute Gasteiger partial charge is 0.466 e. The molecule has 3 aromatic heterocycles. The van der Waals surface area contributed by atoms with Crippen LogP contribution in [0.5, 0.6) is 0 Å². The molecule has 3 rings (SSSR count). The number of nitrogens with one attached hydrogen (secondary N) is 1. The summed E-state index contributed by atoms with van der Waals surface area (Å²) in [5.41, 5.74) is 0.822. The van der Waals surface area contributed by atoms with Gasteiger partial charge in [-0.2, -0.15) is 0 Å². The summed E-state index contributed by atoms with van der Waals surface area (Å²) in [6, 6.07) is 6.68. The zero-order chi connectivity index (χ0) is 18.0. The molecule has 0 atom stereocenters. The number of carbonyl (C=O) groups excluding carboxylic acids is 1. The maximum absolute atomic E-state index is 12.6. The minimum atomic E-state index is -3.77. The van der Waals surface area contributed by atoms with E-state index in [0.717, 1.165) is 15.8 Å². The van der Waals surface area contributed by atoms with E-state index in [1.165, 1.54) is 6.07 Å². The molecular formula is C15H14BrN3O4S2. The van der Waals surface area contributed by atoms with Crippen molar-refractivity contribution in [3.63, 3.8) is 0 Å². The second-order valence-electron chi connectivity index (χ2n) is 5.00. The van der Waals surface area contributed by atoms with Crippen LogP contribution in [0.25, 0.3) is 5.65 Å². The highest BCUT2D eigenvalue weighted by molar-refractivity contribution is 9.10. The molecule has 0 amide bonds. The third-order valence-electron chi connectivity index (χ3n) is 3.26. The molecule has 0 aliphatic heterocycles. The van der Waals surface area contributed by atoms with Gasteiger partial charge in [0.15, 0.2) is 0 Å². The Balaban J connectivity index is 2.07. The Bertz CT molecular complexity index is 1010. The highest BCUT2D eigenvalue weighted by Crippen LogP contribution is 2.26. The van der Waals surface area contributed by atoms with Crippen molar-refractivity contribution in [3.05, 3.63) is 46.0 Å². The Labute approximate surface area is 156 Å². The summed E-state index contributed by atoms with van der Waals surface area (Å²) in [6.45, 7) is 1.95. The van der Waals surface area contributed by atoms with Crippen LogP contribution in [0, 0.1) is 0 Å². The van der Waals surface area contributed by atoms with Gasteiger partial charge in [0.1, 0.15) is 15.7 Å². The van der Waals surface area contributed by atoms with Crippen LogP contribution in [0.3, 0.4) is 0 Å². The molecular weight excluding hydrogens is 430 g/mol. The smallest absolute Gasteiger partial charge is 0.312 e. The lowest BCUT2D eigenvalue weighted by molar-refractivity contribution is -0.142. The van der Waals surface area contributed by atoms with Gasteiger partial charge < -0.3 is 4.74 Å². The van der Waals surface area contributed by atoms with E-state index in [0.29, 0.717) is 11.3 Å². The van der Waals surface area contributed by atoms with Gasteiger partial charge in [0.25, 0.3) is 10.0 Å². The fourth-order valence-corrected chi connectivity index (χ4v) is 4.65. The number of anilines is 1. The molecule has 0 aliphatic carbocycles. The Hall–Kier alpha value is -1.91. The van der Waals surface area contributed by atoms with Gasteiger partial charge in [0.2, 0.25) is 0 Å². The topological polar surface area (TPSA) is 89.8 Å². The third-order valence-corrected chi connectivity index (χ3v) is 6.47. The number of esters is 1. The third kappa shape index (κ3) is 3.86. The summed E-state index contributed by atoms with van der Waals surface area (Å²) in [6.07, 6.45) is 1.55. The van der Waals surface area contributed by atoms with Crippen molar-refractivity contribution in [1.29, 1.82) is 0 Å². The number of sulfonamides is 1. The van der Waals surface area contributed by atoms with Gasteiger partial charge in [-0.25, -0.2) is 13.4 Å². The molecule has 10 heteroatoms. The molecule has 0 unspecified atom stereocenters. The molecule has 0 saturated heterocycles. The first-order valence-corrected chi connectivity index (χ1v) is 10.4. The van der Waals surface area contributed by atoms with E-state index in [1.807, 2.05) is 0 Å². The van der Waals surface area contributed by atoms with Gasteiger partial charge in [0, 0.05) is 10.7 Å². The first-order chi connectivity index (χ1) is 11.9. The number of nitrogens with zero attached hydrogens (tertiary/aromatic N) is 2. The molecule has 0 aliphatic rings. The number of fused-ring (bicyclic) bond motifs is 1. The van der Waals surface area contributed by atoms with Gasteiger partial charge in [-0.1, -0.05) is 6.07 Å². The normalized spacial score (nSPS) is 11.6. The van der Waals surface area contributed by atoms with E-state index in [4.69, 9.17) is 4.74 Å². The average Bonchev–Trinajstić information content (AvgIpc) is 3.18. The minimum Gasteiger partial charge on any atom is -0.466 e. The molecule has 25 heavy (non-hydrogen) atoms. The van der Waals surface area contributed by atoms with E-state index >= 15 is 0 Å². The molecule has 0 fully saturated rings. The predicted molar refractivity (Wildman–Crippen MR) is 98.4 cm³/mol. The van der Waals surface area contributed by atoms with Crippen LogP contribution in [0.15, 0.2) is 44.5 Å². The van der Waals surface area contributed by atoms with E-state index in [9.17, 15) is 13.2 Å². The van der Waals surface area contributed by atoms with Crippen molar-refractivity contribution >= 4 is 54.7 Å². The summed E-state index contributed by atoms with van der Waals surface area (Å²) < 4.78 is 35.2. The minimum absolute atomic E-state index is 0.130. The van der Waals surface area contributed by atoms with Crippen LogP contribution in [0.1, 0.15) is 12.6 Å². The molecule has 3 aromatic rings. The number of thiophene rings is 1. The molecule has 0 bridgehead atoms. The second kappa shape index (κ2) is 7.14. The van der Waals surface area contributed by atoms with E-state index in [1.54, 1.807) is 41.1 Å². The Morgan fingerprint density at radius 3 is 2.88 bits per heavy atom. The first kappa shape index (κ1) is 17.9. The zero-order valence-corrected chi connectivity index (χ0v) is 16.3. The SMILES string of the molecule is CCOC(=O)Cc1nc2ccc(Br)cn2c1NS(=O)(=O)c1cccs1. The van der Waals surface area contributed by atoms with Gasteiger partial charge in [-0.3, -0.25) is 13.9 Å². The first-order valence-electron chi connectivity index (χ1n) is 7.29. The van der Waals surface area contributed by atoms with Gasteiger partial charge >= 0.3 is 5.97 Å². The lowest BCUT2D eigenvalue weighted by Crippen LogP contribution is -2.16. The summed E-state index contributed by atoms with van der Waals surface area (Å²) >= 11 is 4.46. The molecule has 0 radical (unpaired) electrons. The zero-order valence-electron chi connectivity index (χ0n) is 13.1. The summed E-state index contributed by atoms with van der Waals surface area (Å²) in [4.78, 5) is 16.2. The number of aromatic nitrogens is 2. The maximum Gasteiger partial charge on any atom is 0.312 e. The Kier molecular flexibility index (Phi) is 5.11. The molecule has 0 spiro atoms. The van der Waals surface area contributed by atoms with Crippen molar-refractivity contribution in [2.45, 2.75) is 17.6 Å². The number of hydrogen-bond donors (Lipinski definition) is 1. The lowest BCUT2D eigenvalue weighted by atomic mass is 10.3. The van der Waals surface area contributed by atoms with E-state index in [2.05, 4.69) is 25.6 Å². The fourth-order valence-electron chi connectivity index (χ4n) is 2.24. The van der Waals surface area contributed by atoms with Crippen molar-refractivity contribution in [3.8, 4) is 0 Å². The highest BCUT2D eigenvalue weighted by Gasteiger charge is 2.23. The number of carbonyl (C=O) groups is 1. The molecule has 1 N–H and O–H groups in total. The molecule has 3 heterocycles. The molecule has 7 nitrogen and oxygen atoms in total. The standard InChI is InChI=1S/C15H14BrN3O4S2/c1-2-23-13(20)8-11-15(18-25(21,22)14-4-3-7-24-14)19-9-10(16)5-6-12(19)17-11/h3-7,9,18H,2,8H2,1H3. The summed E-state index contributed by atoms with van der Waals surface area (Å²) in [5, 5.41) is 1.68. The van der Waals surface area contributed by atoms with Crippen LogP contribution in [-0.4, -0.2) is 30.4 Å². The average molecular weight is 444 g/mol. The van der Waals surface area contributed by atoms with E-state index < -0.39 is 16.0 Å². The van der Waals surface area contributed by atoms with Crippen LogP contribution in [0.2, 0.25) is 0 Å². The van der Waals surface area contributed by atoms with Crippen molar-refractivity contribution in [2.75, 3.05) is 11.3 Å². The summed E-state index contributed by atoms with van der Waals surface area (Å²) in [7, 11) is -3.77. The van der Waals surface area contributed by atoms with Crippen molar-refractivity contribution in [1.82, 2.24) is 9.38 Å². The monoisotopic (exact) mass is 443 g/mol. The maximum atomic E-state index is 12.6. The number of halogens is 1. The number of pyridine rings is 1. The molecule has 0 aromatic carbocycles. The second-order valence-corrected chi connectivity index (χ2v) is 8.77. The van der Waals surface area contributed by atoms with Gasteiger partial charge in [-0.15, -0.1) is 11.3 Å². The highest BCUT2D eigenvalue weighted by atomic mass is 79.9. The number of ether oxygens (including phenoxy) is 1. The quantitative estimate of drug-likeness (QED) is 0.591. The van der Waals surface area contributed by atoms with Crippen molar-refractivity contribution in [2.24, 2.45) is 0 Å². The van der Waals surface area contributed by atoms with Gasteiger partial charge in [-0.05, 0) is 46.4 Å². The van der Waals surface area contributed by atoms with Crippen LogP contribution in [0.4, 0.5) is 5.82 Å². The van der Waals surface area contributed by atoms with Crippen LogP contribution in [-0.2, 0) is 26.0 Å². The fraction of sp³-hybridized carbons (Fsp3) is 0.200. The molecule has 0 saturated carbocycles. The van der Waals surface area contributed by atoms with Crippen molar-refractivity contribution < 1.29 is 17.9 Å². The lowest BCUT2D eigenvalue weighted by Gasteiger charge is -2.08. The predicted octanol–water partition coefficient (Wildman–Crippen LogP) is 3.06. The van der Waals surface area contributed by atoms with Crippen LogP contribution < -0.4 is 4.72 Å². The Morgan fingerprint density at radius 1 is 1.40 bits per heavy atom. The molecule has 132 valence electrons.